The SMILES string of the molecule is CN(C)CCNC(=O)c1cccc(-c2ccc(N)cc2)c1. The van der Waals surface area contributed by atoms with Gasteiger partial charge in [-0.1, -0.05) is 24.3 Å². The molecule has 0 atom stereocenters. The van der Waals surface area contributed by atoms with E-state index in [0.717, 1.165) is 23.4 Å². The van der Waals surface area contributed by atoms with Crippen LogP contribution in [0.5, 0.6) is 0 Å². The van der Waals surface area contributed by atoms with Crippen molar-refractivity contribution in [3.05, 3.63) is 54.1 Å². The first kappa shape index (κ1) is 15.1. The van der Waals surface area contributed by atoms with E-state index in [1.54, 1.807) is 0 Å². The molecule has 4 heteroatoms. The average molecular weight is 283 g/mol. The van der Waals surface area contributed by atoms with Gasteiger partial charge in [-0.25, -0.2) is 0 Å². The minimum atomic E-state index is -0.0471. The molecule has 1 amide bonds. The second-order valence-corrected chi connectivity index (χ2v) is 5.26. The number of amides is 1. The van der Waals surface area contributed by atoms with E-state index < -0.39 is 0 Å². The highest BCUT2D eigenvalue weighted by Crippen LogP contribution is 2.21. The molecule has 2 aromatic rings. The van der Waals surface area contributed by atoms with Crippen LogP contribution in [0.4, 0.5) is 5.69 Å². The number of carbonyl (C=O) groups is 1. The summed E-state index contributed by atoms with van der Waals surface area (Å²) in [6.45, 7) is 1.46. The van der Waals surface area contributed by atoms with Gasteiger partial charge in [-0.3, -0.25) is 4.79 Å². The van der Waals surface area contributed by atoms with Gasteiger partial charge in [0.15, 0.2) is 0 Å². The molecule has 0 aliphatic heterocycles. The Bertz CT molecular complexity index is 606. The normalized spacial score (nSPS) is 10.6. The number of likely N-dealkylation sites (N-methyl/N-ethyl adjacent to an activating group) is 1. The first-order chi connectivity index (χ1) is 10.1. The fourth-order valence-corrected chi connectivity index (χ4v) is 2.01. The molecule has 21 heavy (non-hydrogen) atoms. The predicted octanol–water partition coefficient (Wildman–Crippen LogP) is 2.23. The van der Waals surface area contributed by atoms with E-state index in [1.807, 2.05) is 67.5 Å². The zero-order chi connectivity index (χ0) is 15.2. The second-order valence-electron chi connectivity index (χ2n) is 5.26. The van der Waals surface area contributed by atoms with Gasteiger partial charge in [-0.2, -0.15) is 0 Å². The Balaban J connectivity index is 2.10. The Kier molecular flexibility index (Phi) is 4.95. The number of carbonyl (C=O) groups excluding carboxylic acids is 1. The van der Waals surface area contributed by atoms with Crippen LogP contribution in [-0.4, -0.2) is 38.0 Å². The fourth-order valence-electron chi connectivity index (χ4n) is 2.01. The number of hydrogen-bond donors (Lipinski definition) is 2. The van der Waals surface area contributed by atoms with Crippen LogP contribution in [0, 0.1) is 0 Å². The number of hydrogen-bond acceptors (Lipinski definition) is 3. The zero-order valence-corrected chi connectivity index (χ0v) is 12.5. The minimum absolute atomic E-state index is 0.0471. The number of nitrogens with zero attached hydrogens (tertiary/aromatic N) is 1. The van der Waals surface area contributed by atoms with Crippen molar-refractivity contribution in [3.63, 3.8) is 0 Å². The quantitative estimate of drug-likeness (QED) is 0.827. The second kappa shape index (κ2) is 6.90. The molecular weight excluding hydrogens is 262 g/mol. The largest absolute Gasteiger partial charge is 0.399 e. The van der Waals surface area contributed by atoms with Crippen LogP contribution >= 0.6 is 0 Å². The summed E-state index contributed by atoms with van der Waals surface area (Å²) < 4.78 is 0. The average Bonchev–Trinajstić information content (AvgIpc) is 2.47. The summed E-state index contributed by atoms with van der Waals surface area (Å²) in [5, 5.41) is 2.92. The molecule has 0 unspecified atom stereocenters. The Hall–Kier alpha value is -2.33. The van der Waals surface area contributed by atoms with Gasteiger partial charge in [0, 0.05) is 24.3 Å². The highest BCUT2D eigenvalue weighted by Gasteiger charge is 2.06. The highest BCUT2D eigenvalue weighted by atomic mass is 16.1. The van der Waals surface area contributed by atoms with Crippen molar-refractivity contribution >= 4 is 11.6 Å². The maximum Gasteiger partial charge on any atom is 0.251 e. The van der Waals surface area contributed by atoms with Crippen LogP contribution in [-0.2, 0) is 0 Å². The molecule has 0 bridgehead atoms. The number of rotatable bonds is 5. The summed E-state index contributed by atoms with van der Waals surface area (Å²) in [6.07, 6.45) is 0. The van der Waals surface area contributed by atoms with Crippen molar-refractivity contribution in [1.82, 2.24) is 10.2 Å². The third-order valence-electron chi connectivity index (χ3n) is 3.21. The van der Waals surface area contributed by atoms with Crippen LogP contribution in [0.25, 0.3) is 11.1 Å². The van der Waals surface area contributed by atoms with Crippen molar-refractivity contribution in [2.24, 2.45) is 0 Å². The van der Waals surface area contributed by atoms with Gasteiger partial charge in [-0.05, 0) is 49.5 Å². The molecular formula is C17H21N3O. The molecule has 3 N–H and O–H groups in total. The van der Waals surface area contributed by atoms with Crippen LogP contribution in [0.3, 0.4) is 0 Å². The third kappa shape index (κ3) is 4.33. The molecule has 0 fully saturated rings. The van der Waals surface area contributed by atoms with E-state index in [9.17, 15) is 4.79 Å². The number of benzene rings is 2. The fraction of sp³-hybridized carbons (Fsp3) is 0.235. The van der Waals surface area contributed by atoms with E-state index in [1.165, 1.54) is 0 Å². The van der Waals surface area contributed by atoms with Gasteiger partial charge < -0.3 is 16.0 Å². The lowest BCUT2D eigenvalue weighted by atomic mass is 10.0. The molecule has 2 aromatic carbocycles. The zero-order valence-electron chi connectivity index (χ0n) is 12.5. The topological polar surface area (TPSA) is 58.4 Å². The minimum Gasteiger partial charge on any atom is -0.399 e. The van der Waals surface area contributed by atoms with E-state index >= 15 is 0 Å². The summed E-state index contributed by atoms with van der Waals surface area (Å²) in [4.78, 5) is 14.1. The van der Waals surface area contributed by atoms with Crippen LogP contribution in [0.2, 0.25) is 0 Å². The summed E-state index contributed by atoms with van der Waals surface area (Å²) in [5.74, 6) is -0.0471. The molecule has 110 valence electrons. The molecule has 0 saturated heterocycles. The lowest BCUT2D eigenvalue weighted by molar-refractivity contribution is 0.0951. The molecule has 0 heterocycles. The third-order valence-corrected chi connectivity index (χ3v) is 3.21. The van der Waals surface area contributed by atoms with Gasteiger partial charge in [0.25, 0.3) is 5.91 Å². The lowest BCUT2D eigenvalue weighted by Gasteiger charge is -2.11. The highest BCUT2D eigenvalue weighted by molar-refractivity contribution is 5.95. The summed E-state index contributed by atoms with van der Waals surface area (Å²) in [7, 11) is 3.96. The first-order valence-corrected chi connectivity index (χ1v) is 6.95. The van der Waals surface area contributed by atoms with Gasteiger partial charge in [0.2, 0.25) is 0 Å². The van der Waals surface area contributed by atoms with Crippen LogP contribution in [0.15, 0.2) is 48.5 Å². The lowest BCUT2D eigenvalue weighted by Crippen LogP contribution is -2.31. The predicted molar refractivity (Wildman–Crippen MR) is 87.2 cm³/mol. The number of anilines is 1. The van der Waals surface area contributed by atoms with Crippen molar-refractivity contribution in [2.45, 2.75) is 0 Å². The van der Waals surface area contributed by atoms with Gasteiger partial charge >= 0.3 is 0 Å². The molecule has 0 aliphatic rings. The standard InChI is InChI=1S/C17H21N3O/c1-20(2)11-10-19-17(21)15-5-3-4-14(12-15)13-6-8-16(18)9-7-13/h3-9,12H,10-11,18H2,1-2H3,(H,19,21). The number of nitrogens with two attached hydrogens (primary N) is 1. The Morgan fingerprint density at radius 1 is 1.10 bits per heavy atom. The summed E-state index contributed by atoms with van der Waals surface area (Å²) in [6, 6.07) is 15.2. The molecule has 0 spiro atoms. The summed E-state index contributed by atoms with van der Waals surface area (Å²) in [5.41, 5.74) is 9.15. The molecule has 0 saturated carbocycles. The van der Waals surface area contributed by atoms with Crippen molar-refractivity contribution < 1.29 is 4.79 Å². The Labute approximate surface area is 125 Å². The van der Waals surface area contributed by atoms with Gasteiger partial charge in [0.1, 0.15) is 0 Å². The number of nitrogen functional groups attached to an aromatic ring is 1. The molecule has 0 aliphatic carbocycles. The maximum absolute atomic E-state index is 12.1. The molecule has 0 radical (unpaired) electrons. The monoisotopic (exact) mass is 283 g/mol. The van der Waals surface area contributed by atoms with E-state index in [4.69, 9.17) is 5.73 Å². The van der Waals surface area contributed by atoms with Crippen LogP contribution < -0.4 is 11.1 Å². The van der Waals surface area contributed by atoms with Crippen LogP contribution in [0.1, 0.15) is 10.4 Å². The maximum atomic E-state index is 12.1. The molecule has 4 nitrogen and oxygen atoms in total. The molecule has 2 rings (SSSR count). The van der Waals surface area contributed by atoms with Crippen molar-refractivity contribution in [2.75, 3.05) is 32.9 Å². The van der Waals surface area contributed by atoms with Crippen molar-refractivity contribution in [1.29, 1.82) is 0 Å². The molecule has 0 aromatic heterocycles. The van der Waals surface area contributed by atoms with Gasteiger partial charge in [-0.15, -0.1) is 0 Å². The number of nitrogens with one attached hydrogen (secondary N) is 1. The van der Waals surface area contributed by atoms with E-state index in [0.29, 0.717) is 12.1 Å². The van der Waals surface area contributed by atoms with E-state index in [2.05, 4.69) is 5.32 Å². The first-order valence-electron chi connectivity index (χ1n) is 6.95. The van der Waals surface area contributed by atoms with E-state index in [-0.39, 0.29) is 5.91 Å². The Morgan fingerprint density at radius 3 is 2.48 bits per heavy atom. The van der Waals surface area contributed by atoms with Crippen molar-refractivity contribution in [3.8, 4) is 11.1 Å². The Morgan fingerprint density at radius 2 is 1.81 bits per heavy atom. The smallest absolute Gasteiger partial charge is 0.251 e. The van der Waals surface area contributed by atoms with Gasteiger partial charge in [0.05, 0.1) is 0 Å². The summed E-state index contributed by atoms with van der Waals surface area (Å²) >= 11 is 0.